The molecule has 3 aromatic rings. The molecule has 0 saturated heterocycles. The average Bonchev–Trinajstić information content (AvgIpc) is 3.32. The highest BCUT2D eigenvalue weighted by molar-refractivity contribution is 5.83. The third kappa shape index (κ3) is 5.09. The Kier molecular flexibility index (Phi) is 5.97. The topological polar surface area (TPSA) is 81.2 Å². The van der Waals surface area contributed by atoms with Crippen LogP contribution in [0.1, 0.15) is 55.3 Å². The number of aromatic nitrogens is 2. The highest BCUT2D eigenvalue weighted by atomic mass is 16.5. The van der Waals surface area contributed by atoms with E-state index in [0.29, 0.717) is 31.1 Å². The summed E-state index contributed by atoms with van der Waals surface area (Å²) in [4.78, 5) is 17.3. The van der Waals surface area contributed by atoms with E-state index in [9.17, 15) is 4.79 Å². The normalized spacial score (nSPS) is 12.7. The molecule has 2 heterocycles. The lowest BCUT2D eigenvalue weighted by molar-refractivity contribution is -0.122. The molecule has 0 fully saturated rings. The molecule has 0 saturated carbocycles. The van der Waals surface area contributed by atoms with Gasteiger partial charge >= 0.3 is 0 Å². The first-order valence-corrected chi connectivity index (χ1v) is 9.52. The van der Waals surface area contributed by atoms with Gasteiger partial charge in [0.05, 0.1) is 12.2 Å². The number of amides is 1. The van der Waals surface area contributed by atoms with E-state index in [0.717, 1.165) is 16.9 Å². The molecule has 0 radical (unpaired) electrons. The fourth-order valence-electron chi connectivity index (χ4n) is 2.87. The van der Waals surface area contributed by atoms with E-state index < -0.39 is 0 Å². The van der Waals surface area contributed by atoms with Crippen molar-refractivity contribution in [1.82, 2.24) is 15.5 Å². The van der Waals surface area contributed by atoms with Crippen molar-refractivity contribution in [3.05, 3.63) is 71.3 Å². The van der Waals surface area contributed by atoms with Crippen molar-refractivity contribution in [3.8, 4) is 0 Å². The van der Waals surface area contributed by atoms with Crippen molar-refractivity contribution >= 4 is 5.91 Å². The fourth-order valence-corrected chi connectivity index (χ4v) is 2.87. The maximum Gasteiger partial charge on any atom is 0.232 e. The lowest BCUT2D eigenvalue weighted by Crippen LogP contribution is -2.32. The Balaban J connectivity index is 1.64. The number of aryl methyl sites for hydroxylation is 1. The number of hydrogen-bond acceptors (Lipinski definition) is 5. The Bertz CT molecular complexity index is 890. The molecule has 6 heteroatoms. The lowest BCUT2D eigenvalue weighted by Gasteiger charge is -2.16. The van der Waals surface area contributed by atoms with E-state index in [1.165, 1.54) is 0 Å². The minimum Gasteiger partial charge on any atom is -0.469 e. The van der Waals surface area contributed by atoms with E-state index in [-0.39, 0.29) is 17.2 Å². The zero-order chi connectivity index (χ0) is 20.1. The van der Waals surface area contributed by atoms with Crippen LogP contribution in [0.3, 0.4) is 0 Å². The third-order valence-electron chi connectivity index (χ3n) is 4.54. The van der Waals surface area contributed by atoms with E-state index in [1.54, 1.807) is 6.26 Å². The predicted octanol–water partition coefficient (Wildman–Crippen LogP) is 3.95. The highest BCUT2D eigenvalue weighted by Gasteiger charge is 2.23. The van der Waals surface area contributed by atoms with Gasteiger partial charge in [0.15, 0.2) is 5.82 Å². The molecule has 0 bridgehead atoms. The van der Waals surface area contributed by atoms with E-state index in [2.05, 4.69) is 15.5 Å². The average molecular weight is 381 g/mol. The summed E-state index contributed by atoms with van der Waals surface area (Å²) in [6.07, 6.45) is 2.66. The summed E-state index contributed by atoms with van der Waals surface area (Å²) in [7, 11) is 0. The molecule has 1 unspecified atom stereocenters. The number of carbonyl (C=O) groups excluding carboxylic acids is 1. The molecule has 0 aliphatic rings. The summed E-state index contributed by atoms with van der Waals surface area (Å²) < 4.78 is 10.8. The molecule has 1 atom stereocenters. The van der Waals surface area contributed by atoms with Crippen LogP contribution in [0.15, 0.2) is 51.6 Å². The zero-order valence-corrected chi connectivity index (χ0v) is 16.9. The maximum atomic E-state index is 12.9. The molecular weight excluding hydrogens is 354 g/mol. The Labute approximate surface area is 165 Å². The van der Waals surface area contributed by atoms with Gasteiger partial charge < -0.3 is 14.3 Å². The minimum atomic E-state index is -0.317. The van der Waals surface area contributed by atoms with Gasteiger partial charge in [0.2, 0.25) is 11.8 Å². The van der Waals surface area contributed by atoms with Crippen LogP contribution in [-0.4, -0.2) is 22.6 Å². The molecule has 148 valence electrons. The molecular formula is C22H27N3O3. The third-order valence-corrected chi connectivity index (χ3v) is 4.54. The van der Waals surface area contributed by atoms with E-state index >= 15 is 0 Å². The van der Waals surface area contributed by atoms with Crippen molar-refractivity contribution in [2.45, 2.75) is 51.9 Å². The summed E-state index contributed by atoms with van der Waals surface area (Å²) in [5, 5.41) is 7.00. The van der Waals surface area contributed by atoms with Crippen LogP contribution in [-0.2, 0) is 23.1 Å². The summed E-state index contributed by atoms with van der Waals surface area (Å²) in [5.74, 6) is 1.63. The summed E-state index contributed by atoms with van der Waals surface area (Å²) in [6, 6.07) is 11.8. The number of carbonyl (C=O) groups is 1. The second-order valence-corrected chi connectivity index (χ2v) is 8.05. The number of benzene rings is 1. The largest absolute Gasteiger partial charge is 0.469 e. The number of nitrogens with one attached hydrogen (secondary N) is 1. The van der Waals surface area contributed by atoms with Gasteiger partial charge in [-0.15, -0.1) is 0 Å². The quantitative estimate of drug-likeness (QED) is 0.670. The molecule has 0 aliphatic heterocycles. The first kappa shape index (κ1) is 19.9. The summed E-state index contributed by atoms with van der Waals surface area (Å²) in [5.41, 5.74) is 1.94. The monoisotopic (exact) mass is 381 g/mol. The lowest BCUT2D eigenvalue weighted by atomic mass is 9.93. The Morgan fingerprint density at radius 2 is 1.93 bits per heavy atom. The van der Waals surface area contributed by atoms with Crippen molar-refractivity contribution in [1.29, 1.82) is 0 Å². The van der Waals surface area contributed by atoms with Gasteiger partial charge in [-0.25, -0.2) is 0 Å². The highest BCUT2D eigenvalue weighted by Crippen LogP contribution is 2.23. The molecule has 1 N–H and O–H groups in total. The van der Waals surface area contributed by atoms with Crippen molar-refractivity contribution in [3.63, 3.8) is 0 Å². The van der Waals surface area contributed by atoms with Crippen LogP contribution in [0.25, 0.3) is 0 Å². The van der Waals surface area contributed by atoms with Gasteiger partial charge in [-0.05, 0) is 24.6 Å². The molecule has 2 aromatic heterocycles. The van der Waals surface area contributed by atoms with Crippen molar-refractivity contribution in [2.75, 3.05) is 6.54 Å². The number of rotatable bonds is 7. The Hall–Kier alpha value is -2.89. The smallest absolute Gasteiger partial charge is 0.232 e. The van der Waals surface area contributed by atoms with E-state index in [1.807, 2.05) is 64.1 Å². The van der Waals surface area contributed by atoms with E-state index in [4.69, 9.17) is 8.94 Å². The molecule has 1 aromatic carbocycles. The number of nitrogens with zero attached hydrogens (tertiary/aromatic N) is 2. The van der Waals surface area contributed by atoms with Gasteiger partial charge in [0.25, 0.3) is 0 Å². The van der Waals surface area contributed by atoms with Crippen LogP contribution in [0.2, 0.25) is 0 Å². The Morgan fingerprint density at radius 3 is 2.54 bits per heavy atom. The first-order valence-electron chi connectivity index (χ1n) is 9.52. The molecule has 6 nitrogen and oxygen atoms in total. The van der Waals surface area contributed by atoms with Gasteiger partial charge in [0, 0.05) is 24.8 Å². The maximum absolute atomic E-state index is 12.9. The fraction of sp³-hybridized carbons (Fsp3) is 0.409. The Morgan fingerprint density at radius 1 is 1.18 bits per heavy atom. The second kappa shape index (κ2) is 8.42. The predicted molar refractivity (Wildman–Crippen MR) is 106 cm³/mol. The van der Waals surface area contributed by atoms with Gasteiger partial charge in [0.1, 0.15) is 5.76 Å². The minimum absolute atomic E-state index is 0.0419. The van der Waals surface area contributed by atoms with Crippen LogP contribution in [0.4, 0.5) is 0 Å². The number of hydrogen-bond donors (Lipinski definition) is 1. The van der Waals surface area contributed by atoms with Gasteiger partial charge in [-0.2, -0.15) is 4.98 Å². The van der Waals surface area contributed by atoms with Crippen LogP contribution in [0, 0.1) is 6.92 Å². The summed E-state index contributed by atoms with van der Waals surface area (Å²) >= 11 is 0. The molecule has 0 spiro atoms. The van der Waals surface area contributed by atoms with Crippen LogP contribution >= 0.6 is 0 Å². The molecule has 28 heavy (non-hydrogen) atoms. The van der Waals surface area contributed by atoms with Crippen molar-refractivity contribution < 1.29 is 13.7 Å². The first-order chi connectivity index (χ1) is 13.3. The molecule has 1 amide bonds. The SMILES string of the molecule is Cc1ccc(C(Cc2ccco2)C(=O)NCCc2noc(C(C)(C)C)n2)cc1. The van der Waals surface area contributed by atoms with Gasteiger partial charge in [-0.3, -0.25) is 4.79 Å². The van der Waals surface area contributed by atoms with Crippen LogP contribution < -0.4 is 5.32 Å². The number of furan rings is 1. The van der Waals surface area contributed by atoms with Crippen molar-refractivity contribution in [2.24, 2.45) is 0 Å². The molecule has 3 rings (SSSR count). The van der Waals surface area contributed by atoms with Crippen LogP contribution in [0.5, 0.6) is 0 Å². The van der Waals surface area contributed by atoms with Gasteiger partial charge in [-0.1, -0.05) is 55.8 Å². The second-order valence-electron chi connectivity index (χ2n) is 8.05. The standard InChI is InChI=1S/C22H27N3O3/c1-15-7-9-16(10-8-15)18(14-17-6-5-13-27-17)20(26)23-12-11-19-24-21(28-25-19)22(2,3)4/h5-10,13,18H,11-12,14H2,1-4H3,(H,23,26). The molecule has 0 aliphatic carbocycles. The summed E-state index contributed by atoms with van der Waals surface area (Å²) in [6.45, 7) is 8.54. The zero-order valence-electron chi connectivity index (χ0n) is 16.9.